The largest absolute Gasteiger partial charge is 0.481 e. The number of benzene rings is 2. The van der Waals surface area contributed by atoms with E-state index in [1.165, 1.54) is 0 Å². The van der Waals surface area contributed by atoms with Gasteiger partial charge in [-0.15, -0.1) is 0 Å². The number of halogens is 3. The van der Waals surface area contributed by atoms with E-state index in [0.717, 1.165) is 15.6 Å². The van der Waals surface area contributed by atoms with E-state index < -0.39 is 18.4 Å². The lowest BCUT2D eigenvalue weighted by atomic mass is 9.90. The molecule has 0 spiro atoms. The quantitative estimate of drug-likeness (QED) is 0.334. The number of nitrogens with zero attached hydrogens (tertiary/aromatic N) is 2. The summed E-state index contributed by atoms with van der Waals surface area (Å²) in [6, 6.07) is 13.1. The van der Waals surface area contributed by atoms with Gasteiger partial charge in [0.05, 0.1) is 17.6 Å². The van der Waals surface area contributed by atoms with E-state index in [9.17, 15) is 23.5 Å². The first-order valence-electron chi connectivity index (χ1n) is 12.3. The molecular formula is C28H30BrF2N3O3. The second kappa shape index (κ2) is 11.1. The van der Waals surface area contributed by atoms with Crippen molar-refractivity contribution >= 4 is 44.5 Å². The summed E-state index contributed by atoms with van der Waals surface area (Å²) in [6.07, 6.45) is 0.533. The number of nitrogens with one attached hydrogen (secondary N) is 1. The summed E-state index contributed by atoms with van der Waals surface area (Å²) >= 11 is 3.46. The summed E-state index contributed by atoms with van der Waals surface area (Å²) in [5.74, 6) is -3.85. The van der Waals surface area contributed by atoms with Crippen molar-refractivity contribution in [3.05, 3.63) is 69.2 Å². The lowest BCUT2D eigenvalue weighted by Crippen LogP contribution is -2.43. The Balaban J connectivity index is 1.69. The van der Waals surface area contributed by atoms with Gasteiger partial charge in [0.15, 0.2) is 0 Å². The molecule has 0 unspecified atom stereocenters. The number of hydrogen-bond donors (Lipinski definition) is 2. The number of carbonyl (C=O) groups excluding carboxylic acids is 1. The maximum absolute atomic E-state index is 14.2. The predicted octanol–water partition coefficient (Wildman–Crippen LogP) is 6.23. The number of carboxylic acid groups (broad SMARTS) is 1. The Labute approximate surface area is 223 Å². The molecule has 2 heterocycles. The van der Waals surface area contributed by atoms with Crippen molar-refractivity contribution in [3.8, 4) is 0 Å². The number of aliphatic carboxylic acids is 1. The summed E-state index contributed by atoms with van der Waals surface area (Å²) in [4.78, 5) is 31.2. The van der Waals surface area contributed by atoms with Crippen molar-refractivity contribution in [3.63, 3.8) is 0 Å². The van der Waals surface area contributed by atoms with Crippen molar-refractivity contribution in [2.75, 3.05) is 24.5 Å². The number of amides is 1. The average molecular weight is 574 g/mol. The second-order valence-electron chi connectivity index (χ2n) is 9.67. The van der Waals surface area contributed by atoms with Gasteiger partial charge < -0.3 is 15.3 Å². The molecule has 0 radical (unpaired) electrons. The molecule has 2 N–H and O–H groups in total. The fourth-order valence-electron chi connectivity index (χ4n) is 5.08. The summed E-state index contributed by atoms with van der Waals surface area (Å²) < 4.78 is 29.2. The molecule has 0 bridgehead atoms. The Hall–Kier alpha value is -3.07. The van der Waals surface area contributed by atoms with Gasteiger partial charge in [-0.1, -0.05) is 40.2 Å². The van der Waals surface area contributed by atoms with Crippen molar-refractivity contribution in [1.29, 1.82) is 0 Å². The van der Waals surface area contributed by atoms with Crippen LogP contribution < -0.4 is 10.2 Å². The smallest absolute Gasteiger partial charge is 0.303 e. The average Bonchev–Trinajstić information content (AvgIpc) is 2.83. The van der Waals surface area contributed by atoms with Crippen LogP contribution in [-0.2, 0) is 4.79 Å². The number of carbonyl (C=O) groups is 2. The highest BCUT2D eigenvalue weighted by molar-refractivity contribution is 9.10. The van der Waals surface area contributed by atoms with Crippen LogP contribution in [0.15, 0.2) is 46.9 Å². The normalized spacial score (nSPS) is 16.0. The zero-order valence-electron chi connectivity index (χ0n) is 20.9. The first kappa shape index (κ1) is 27.0. The number of aromatic nitrogens is 1. The van der Waals surface area contributed by atoms with Crippen LogP contribution in [0, 0.1) is 13.8 Å². The van der Waals surface area contributed by atoms with E-state index in [-0.39, 0.29) is 31.2 Å². The van der Waals surface area contributed by atoms with Gasteiger partial charge in [-0.05, 0) is 56.0 Å². The molecule has 2 aromatic carbocycles. The van der Waals surface area contributed by atoms with E-state index in [2.05, 4.69) is 26.2 Å². The minimum Gasteiger partial charge on any atom is -0.481 e. The monoisotopic (exact) mass is 573 g/mol. The molecule has 1 fully saturated rings. The fourth-order valence-corrected chi connectivity index (χ4v) is 5.44. The molecule has 3 aromatic rings. The molecular weight excluding hydrogens is 544 g/mol. The predicted molar refractivity (Wildman–Crippen MR) is 144 cm³/mol. The maximum atomic E-state index is 14.2. The number of hydrogen-bond acceptors (Lipinski definition) is 4. The van der Waals surface area contributed by atoms with Crippen LogP contribution in [0.3, 0.4) is 0 Å². The highest BCUT2D eigenvalue weighted by Gasteiger charge is 2.37. The van der Waals surface area contributed by atoms with Gasteiger partial charge in [0.2, 0.25) is 0 Å². The number of fused-ring (bicyclic) bond motifs is 1. The van der Waals surface area contributed by atoms with E-state index in [4.69, 9.17) is 0 Å². The first-order chi connectivity index (χ1) is 17.6. The number of pyridine rings is 1. The van der Waals surface area contributed by atoms with Crippen LogP contribution in [0.25, 0.3) is 10.9 Å². The molecule has 1 aromatic heterocycles. The second-order valence-corrected chi connectivity index (χ2v) is 10.6. The lowest BCUT2D eigenvalue weighted by molar-refractivity contribution is -0.137. The maximum Gasteiger partial charge on any atom is 0.303 e. The third-order valence-electron chi connectivity index (χ3n) is 6.93. The third-order valence-corrected chi connectivity index (χ3v) is 7.42. The standard InChI is InChI=1S/C28H30BrF2N3O3/c1-17-6-3-4-7-21(17)19(8-11-24(35)36)15-32-27(37)25-18(2)26(34-13-5-12-28(30,31)16-34)33-23-10-9-20(29)14-22(23)25/h3-4,6-7,9-10,14,19H,5,8,11-13,15-16H2,1-2H3,(H,32,37)(H,35,36)/t19-/m1/s1. The molecule has 1 aliphatic rings. The Morgan fingerprint density at radius 1 is 1.22 bits per heavy atom. The lowest BCUT2D eigenvalue weighted by Gasteiger charge is -2.34. The minimum atomic E-state index is -2.81. The van der Waals surface area contributed by atoms with Crippen LogP contribution >= 0.6 is 15.9 Å². The van der Waals surface area contributed by atoms with Crippen LogP contribution in [0.2, 0.25) is 0 Å². The number of anilines is 1. The van der Waals surface area contributed by atoms with Crippen molar-refractivity contribution in [2.45, 2.75) is 51.4 Å². The number of carboxylic acids is 1. The number of rotatable bonds is 8. The highest BCUT2D eigenvalue weighted by Crippen LogP contribution is 2.35. The zero-order valence-corrected chi connectivity index (χ0v) is 22.4. The number of aryl methyl sites for hydroxylation is 1. The molecule has 196 valence electrons. The van der Waals surface area contributed by atoms with Crippen molar-refractivity contribution in [2.24, 2.45) is 0 Å². The Kier molecular flexibility index (Phi) is 8.11. The molecule has 0 aliphatic carbocycles. The van der Waals surface area contributed by atoms with Crippen molar-refractivity contribution in [1.82, 2.24) is 10.3 Å². The van der Waals surface area contributed by atoms with Gasteiger partial charge in [0.1, 0.15) is 5.82 Å². The Morgan fingerprint density at radius 3 is 2.68 bits per heavy atom. The van der Waals surface area contributed by atoms with E-state index in [1.54, 1.807) is 24.0 Å². The SMILES string of the molecule is Cc1ccccc1[C@H](CCC(=O)O)CNC(=O)c1c(C)c(N2CCCC(F)(F)C2)nc2ccc(Br)cc12. The molecule has 0 saturated carbocycles. The molecule has 9 heteroatoms. The van der Waals surface area contributed by atoms with Gasteiger partial charge >= 0.3 is 5.97 Å². The summed E-state index contributed by atoms with van der Waals surface area (Å²) in [5.41, 5.74) is 3.48. The molecule has 37 heavy (non-hydrogen) atoms. The molecule has 1 atom stereocenters. The van der Waals surface area contributed by atoms with Crippen LogP contribution in [0.1, 0.15) is 58.6 Å². The molecule has 1 aliphatic heterocycles. The van der Waals surface area contributed by atoms with Gasteiger partial charge in [0.25, 0.3) is 11.8 Å². The fraction of sp³-hybridized carbons (Fsp3) is 0.393. The van der Waals surface area contributed by atoms with E-state index in [0.29, 0.717) is 47.2 Å². The molecule has 4 rings (SSSR count). The zero-order chi connectivity index (χ0) is 26.7. The molecule has 1 amide bonds. The van der Waals surface area contributed by atoms with E-state index >= 15 is 0 Å². The van der Waals surface area contributed by atoms with Gasteiger partial charge in [-0.25, -0.2) is 13.8 Å². The minimum absolute atomic E-state index is 0.0215. The van der Waals surface area contributed by atoms with E-state index in [1.807, 2.05) is 37.3 Å². The number of piperidine rings is 1. The van der Waals surface area contributed by atoms with Gasteiger partial charge in [-0.2, -0.15) is 0 Å². The van der Waals surface area contributed by atoms with Gasteiger partial charge in [-0.3, -0.25) is 9.59 Å². The first-order valence-corrected chi connectivity index (χ1v) is 13.1. The van der Waals surface area contributed by atoms with Crippen LogP contribution in [0.5, 0.6) is 0 Å². The Morgan fingerprint density at radius 2 is 1.97 bits per heavy atom. The third kappa shape index (κ3) is 6.26. The summed E-state index contributed by atoms with van der Waals surface area (Å²) in [5, 5.41) is 12.9. The molecule has 6 nitrogen and oxygen atoms in total. The Bertz CT molecular complexity index is 1330. The van der Waals surface area contributed by atoms with Gasteiger partial charge in [0, 0.05) is 47.3 Å². The highest BCUT2D eigenvalue weighted by atomic mass is 79.9. The molecule has 1 saturated heterocycles. The van der Waals surface area contributed by atoms with Crippen molar-refractivity contribution < 1.29 is 23.5 Å². The topological polar surface area (TPSA) is 82.5 Å². The summed E-state index contributed by atoms with van der Waals surface area (Å²) in [6.45, 7) is 3.95. The number of alkyl halides is 2. The van der Waals surface area contributed by atoms with Crippen LogP contribution in [-0.4, -0.2) is 47.5 Å². The van der Waals surface area contributed by atoms with Crippen LogP contribution in [0.4, 0.5) is 14.6 Å². The summed E-state index contributed by atoms with van der Waals surface area (Å²) in [7, 11) is 0.